The van der Waals surface area contributed by atoms with Crippen molar-refractivity contribution in [2.45, 2.75) is 18.6 Å². The van der Waals surface area contributed by atoms with Crippen LogP contribution in [0.5, 0.6) is 0 Å². The number of amides is 1. The Bertz CT molecular complexity index is 563. The van der Waals surface area contributed by atoms with Crippen LogP contribution < -0.4 is 0 Å². The molecule has 0 aliphatic carbocycles. The van der Waals surface area contributed by atoms with Gasteiger partial charge in [0.1, 0.15) is 0 Å². The summed E-state index contributed by atoms with van der Waals surface area (Å²) < 4.78 is 13.2. The first kappa shape index (κ1) is 14.8. The van der Waals surface area contributed by atoms with Crippen LogP contribution in [0.2, 0.25) is 0 Å². The normalized spacial score (nSPS) is 17.9. The van der Waals surface area contributed by atoms with E-state index in [1.165, 1.54) is 6.07 Å². The fourth-order valence-corrected chi connectivity index (χ4v) is 3.27. The van der Waals surface area contributed by atoms with Crippen LogP contribution in [0.3, 0.4) is 0 Å². The number of hydrogen-bond acceptors (Lipinski definition) is 4. The largest absolute Gasteiger partial charge is 0.336 e. The van der Waals surface area contributed by atoms with Gasteiger partial charge < -0.3 is 4.90 Å². The summed E-state index contributed by atoms with van der Waals surface area (Å²) in [7, 11) is 0. The summed E-state index contributed by atoms with van der Waals surface area (Å²) in [5.41, 5.74) is -0.512. The number of rotatable bonds is 2. The number of hydrogen-bond donors (Lipinski definition) is 0. The maximum atomic E-state index is 13.3. The molecule has 1 aromatic carbocycles. The Hall–Kier alpha value is -1.63. The lowest BCUT2D eigenvalue weighted by molar-refractivity contribution is -0.387. The van der Waals surface area contributed by atoms with Gasteiger partial charge in [-0.1, -0.05) is 0 Å². The number of nitro benzene ring substituents is 1. The molecule has 5 nitrogen and oxygen atoms in total. The molecule has 0 unspecified atom stereocenters. The van der Waals surface area contributed by atoms with Crippen LogP contribution in [0, 0.1) is 15.9 Å². The van der Waals surface area contributed by atoms with E-state index in [4.69, 9.17) is 0 Å². The molecule has 1 amide bonds. The van der Waals surface area contributed by atoms with Crippen molar-refractivity contribution in [3.8, 4) is 0 Å². The van der Waals surface area contributed by atoms with Gasteiger partial charge in [0.2, 0.25) is 5.82 Å². The predicted octanol–water partition coefficient (Wildman–Crippen LogP) is 2.70. The van der Waals surface area contributed by atoms with E-state index in [-0.39, 0.29) is 16.2 Å². The van der Waals surface area contributed by atoms with E-state index in [0.29, 0.717) is 13.1 Å². The summed E-state index contributed by atoms with van der Waals surface area (Å²) in [6, 6.07) is 3.26. The summed E-state index contributed by atoms with van der Waals surface area (Å²) >= 11 is 1.79. The average molecular weight is 298 g/mol. The Labute approximate surface area is 120 Å². The first-order valence-corrected chi connectivity index (χ1v) is 7.16. The van der Waals surface area contributed by atoms with Gasteiger partial charge in [-0.05, 0) is 26.0 Å². The van der Waals surface area contributed by atoms with E-state index >= 15 is 0 Å². The van der Waals surface area contributed by atoms with Crippen LogP contribution in [-0.2, 0) is 0 Å². The lowest BCUT2D eigenvalue weighted by atomic mass is 10.1. The molecular weight excluding hydrogens is 283 g/mol. The van der Waals surface area contributed by atoms with Crippen LogP contribution >= 0.6 is 11.8 Å². The van der Waals surface area contributed by atoms with Crippen LogP contribution in [0.4, 0.5) is 10.1 Å². The predicted molar refractivity (Wildman–Crippen MR) is 75.5 cm³/mol. The third-order valence-corrected chi connectivity index (χ3v) is 4.40. The van der Waals surface area contributed by atoms with Crippen molar-refractivity contribution in [2.75, 3.05) is 18.8 Å². The Morgan fingerprint density at radius 2 is 2.20 bits per heavy atom. The molecule has 0 spiro atoms. The van der Waals surface area contributed by atoms with Crippen molar-refractivity contribution in [3.63, 3.8) is 0 Å². The molecule has 1 heterocycles. The molecule has 1 aliphatic heterocycles. The molecule has 1 aromatic rings. The zero-order chi connectivity index (χ0) is 14.9. The van der Waals surface area contributed by atoms with Crippen molar-refractivity contribution < 1.29 is 14.1 Å². The van der Waals surface area contributed by atoms with Crippen LogP contribution in [0.25, 0.3) is 0 Å². The third kappa shape index (κ3) is 3.09. The molecule has 0 aromatic heterocycles. The molecule has 0 N–H and O–H groups in total. The van der Waals surface area contributed by atoms with Crippen LogP contribution in [0.15, 0.2) is 18.2 Å². The summed E-state index contributed by atoms with van der Waals surface area (Å²) in [5.74, 6) is -0.398. The first-order chi connectivity index (χ1) is 9.30. The molecule has 108 valence electrons. The second-order valence-electron chi connectivity index (χ2n) is 5.26. The molecule has 0 bridgehead atoms. The maximum absolute atomic E-state index is 13.3. The quantitative estimate of drug-likeness (QED) is 0.622. The van der Waals surface area contributed by atoms with Crippen molar-refractivity contribution in [1.82, 2.24) is 4.90 Å². The van der Waals surface area contributed by atoms with Gasteiger partial charge in [0.15, 0.2) is 0 Å². The van der Waals surface area contributed by atoms with Gasteiger partial charge in [0, 0.05) is 35.2 Å². The van der Waals surface area contributed by atoms with Gasteiger partial charge in [-0.15, -0.1) is 0 Å². The van der Waals surface area contributed by atoms with E-state index in [9.17, 15) is 19.3 Å². The monoisotopic (exact) mass is 298 g/mol. The minimum atomic E-state index is -0.930. The summed E-state index contributed by atoms with van der Waals surface area (Å²) in [5, 5.41) is 10.7. The number of thioether (sulfide) groups is 1. The molecule has 20 heavy (non-hydrogen) atoms. The molecule has 0 radical (unpaired) electrons. The average Bonchev–Trinajstić information content (AvgIpc) is 2.37. The lowest BCUT2D eigenvalue weighted by Gasteiger charge is -2.37. The minimum absolute atomic E-state index is 0.0418. The molecular formula is C13H15FN2O3S. The SMILES string of the molecule is CC1(C)CN(C(=O)c2ccc(F)c([N+](=O)[O-])c2)CCS1. The van der Waals surface area contributed by atoms with Crippen molar-refractivity contribution >= 4 is 23.4 Å². The molecule has 1 fully saturated rings. The number of nitro groups is 1. The maximum Gasteiger partial charge on any atom is 0.305 e. The van der Waals surface area contributed by atoms with Crippen molar-refractivity contribution in [1.29, 1.82) is 0 Å². The standard InChI is InChI=1S/C13H15FN2O3S/c1-13(2)8-15(5-6-20-13)12(17)9-3-4-10(14)11(7-9)16(18)19/h3-4,7H,5-6,8H2,1-2H3. The fourth-order valence-electron chi connectivity index (χ4n) is 2.16. The van der Waals surface area contributed by atoms with Crippen molar-refractivity contribution in [2.24, 2.45) is 0 Å². The molecule has 0 atom stereocenters. The Morgan fingerprint density at radius 3 is 2.80 bits per heavy atom. The van der Waals surface area contributed by atoms with Crippen LogP contribution in [0.1, 0.15) is 24.2 Å². The summed E-state index contributed by atoms with van der Waals surface area (Å²) in [4.78, 5) is 23.9. The Morgan fingerprint density at radius 1 is 1.50 bits per heavy atom. The Kier molecular flexibility index (Phi) is 3.99. The highest BCUT2D eigenvalue weighted by molar-refractivity contribution is 8.00. The van der Waals surface area contributed by atoms with E-state index in [0.717, 1.165) is 17.9 Å². The van der Waals surface area contributed by atoms with Gasteiger partial charge in [0.25, 0.3) is 5.91 Å². The molecule has 2 rings (SSSR count). The number of nitrogens with zero attached hydrogens (tertiary/aromatic N) is 2. The zero-order valence-corrected chi connectivity index (χ0v) is 12.1. The van der Waals surface area contributed by atoms with Gasteiger partial charge in [-0.2, -0.15) is 16.2 Å². The highest BCUT2D eigenvalue weighted by Crippen LogP contribution is 2.30. The number of halogens is 1. The number of carbonyl (C=O) groups excluding carboxylic acids is 1. The molecule has 0 saturated carbocycles. The van der Waals surface area contributed by atoms with Gasteiger partial charge in [0.05, 0.1) is 4.92 Å². The topological polar surface area (TPSA) is 63.5 Å². The second kappa shape index (κ2) is 5.40. The van der Waals surface area contributed by atoms with E-state index in [1.807, 2.05) is 13.8 Å². The van der Waals surface area contributed by atoms with E-state index < -0.39 is 16.4 Å². The first-order valence-electron chi connectivity index (χ1n) is 6.17. The lowest BCUT2D eigenvalue weighted by Crippen LogP contribution is -2.46. The van der Waals surface area contributed by atoms with E-state index in [1.54, 1.807) is 16.7 Å². The number of benzene rings is 1. The number of carbonyl (C=O) groups is 1. The van der Waals surface area contributed by atoms with Gasteiger partial charge in [-0.3, -0.25) is 14.9 Å². The molecule has 7 heteroatoms. The van der Waals surface area contributed by atoms with Gasteiger partial charge in [-0.25, -0.2) is 0 Å². The third-order valence-electron chi connectivity index (χ3n) is 3.10. The second-order valence-corrected chi connectivity index (χ2v) is 7.06. The molecule has 1 saturated heterocycles. The zero-order valence-electron chi connectivity index (χ0n) is 11.3. The summed E-state index contributed by atoms with van der Waals surface area (Å²) in [6.07, 6.45) is 0. The summed E-state index contributed by atoms with van der Waals surface area (Å²) in [6.45, 7) is 5.26. The highest BCUT2D eigenvalue weighted by Gasteiger charge is 2.31. The van der Waals surface area contributed by atoms with E-state index in [2.05, 4.69) is 0 Å². The smallest absolute Gasteiger partial charge is 0.305 e. The minimum Gasteiger partial charge on any atom is -0.336 e. The Balaban J connectivity index is 2.25. The van der Waals surface area contributed by atoms with Crippen LogP contribution in [-0.4, -0.2) is 39.3 Å². The fraction of sp³-hybridized carbons (Fsp3) is 0.462. The van der Waals surface area contributed by atoms with Crippen molar-refractivity contribution in [3.05, 3.63) is 39.7 Å². The molecule has 1 aliphatic rings. The highest BCUT2D eigenvalue weighted by atomic mass is 32.2. The van der Waals surface area contributed by atoms with Gasteiger partial charge >= 0.3 is 5.69 Å².